The Morgan fingerprint density at radius 2 is 1.60 bits per heavy atom. The van der Waals surface area contributed by atoms with E-state index in [1.165, 1.54) is 17.3 Å². The molecule has 3 heterocycles. The molecule has 0 aliphatic carbocycles. The molecule has 23 heteroatoms. The number of aromatic nitrogens is 3. The highest BCUT2D eigenvalue weighted by molar-refractivity contribution is 7.92. The number of hydrogen-bond donors (Lipinski definition) is 4. The van der Waals surface area contributed by atoms with Crippen LogP contribution in [0.1, 0.15) is 99.9 Å². The van der Waals surface area contributed by atoms with Gasteiger partial charge in [0.25, 0.3) is 0 Å². The highest BCUT2D eigenvalue weighted by Crippen LogP contribution is 2.39. The van der Waals surface area contributed by atoms with E-state index in [4.69, 9.17) is 42.1 Å². The number of likely N-dealkylation sites (tertiary alicyclic amines) is 1. The number of benzene rings is 3. The number of nitriles is 1. The Morgan fingerprint density at radius 1 is 0.912 bits per heavy atom. The number of aryl methyl sites for hydroxylation is 1. The summed E-state index contributed by atoms with van der Waals surface area (Å²) in [7, 11) is 0.0235. The molecule has 6 rings (SSSR count). The summed E-state index contributed by atoms with van der Waals surface area (Å²) < 4.78 is 50.7. The molecule has 1 aliphatic heterocycles. The third-order valence-electron chi connectivity index (χ3n) is 13.4. The number of β-amino-alcohol motifs (C(OH)–C–C–N with tert-alkyl or cyclic N) is 1. The Kier molecular flexibility index (Phi) is 23.0. The van der Waals surface area contributed by atoms with Crippen LogP contribution in [-0.4, -0.2) is 146 Å². The summed E-state index contributed by atoms with van der Waals surface area (Å²) in [6, 6.07) is 18.9. The summed E-state index contributed by atoms with van der Waals surface area (Å²) in [5, 5.41) is 26.8. The average Bonchev–Trinajstić information content (AvgIpc) is 4.13. The summed E-state index contributed by atoms with van der Waals surface area (Å²) in [6.45, 7) is 12.5. The number of carbonyl (C=O) groups excluding carboxylic acids is 3. The van der Waals surface area contributed by atoms with Crippen LogP contribution >= 0.6 is 34.5 Å². The second-order valence-corrected chi connectivity index (χ2v) is 24.9. The minimum atomic E-state index is -3.81. The lowest BCUT2D eigenvalue weighted by molar-refractivity contribution is -0.144. The molecule has 80 heavy (non-hydrogen) atoms. The number of aliphatic hydroxyl groups excluding tert-OH is 1. The molecule has 4 atom stereocenters. The molecule has 5 aromatic rings. The van der Waals surface area contributed by atoms with Crippen molar-refractivity contribution in [3.8, 4) is 28.0 Å². The predicted molar refractivity (Wildman–Crippen MR) is 309 cm³/mol. The molecule has 0 spiro atoms. The molecule has 1 fully saturated rings. The summed E-state index contributed by atoms with van der Waals surface area (Å²) in [5.41, 5.74) is 6.17. The lowest BCUT2D eigenvalue weighted by Gasteiger charge is -2.35. The number of aliphatic hydroxyl groups is 1. The first kappa shape index (κ1) is 63.2. The topological polar surface area (TPSA) is 248 Å². The summed E-state index contributed by atoms with van der Waals surface area (Å²) in [6.07, 6.45) is 4.03. The molecule has 0 bridgehead atoms. The van der Waals surface area contributed by atoms with E-state index in [1.54, 1.807) is 23.5 Å². The van der Waals surface area contributed by atoms with Gasteiger partial charge in [0.05, 0.1) is 57.1 Å². The van der Waals surface area contributed by atoms with Gasteiger partial charge in [-0.25, -0.2) is 23.4 Å². The molecule has 4 N–H and O–H groups in total. The van der Waals surface area contributed by atoms with Crippen molar-refractivity contribution in [1.82, 2.24) is 35.4 Å². The first-order chi connectivity index (χ1) is 38.0. The quantitative estimate of drug-likeness (QED) is 0.0263. The third kappa shape index (κ3) is 18.0. The summed E-state index contributed by atoms with van der Waals surface area (Å²) in [4.78, 5) is 58.5. The fourth-order valence-corrected chi connectivity index (χ4v) is 10.9. The standard InChI is InChI=1S/C57H73Cl2N9O10S2/c1-37-51(79-36-63-37)40-14-12-39(13-15-40)47(33-67(7)8)64-53(71)48-28-44(69)32-68(48)54(72)52(56(2,3)4)65-49(70)35-76-22-11-9-10-21-75-24-25-80(73,74)66-55-61-30-38(31-62-55)34-78-45-18-16-42(17-19-45)57(5,6)43-26-41(29-60)50(46(59)27-43)77-23-20-58/h12-19,26-27,30-31,36,44,47-48,52,69H,9-11,20-25,28,32-35H2,1-8H3,(H,64,71)(H,65,70)(H,61,62,66)/t44-,47+,48+,52-/m1/s1. The number of halogens is 2. The fraction of sp³-hybridized carbons (Fsp3) is 0.491. The number of likely N-dealkylation sites (N-methyl/N-ethyl adjacent to an activating group) is 1. The molecule has 0 unspecified atom stereocenters. The van der Waals surface area contributed by atoms with Gasteiger partial charge in [-0.15, -0.1) is 22.9 Å². The zero-order valence-electron chi connectivity index (χ0n) is 46.6. The second kappa shape index (κ2) is 29.1. The molecule has 3 amide bonds. The van der Waals surface area contributed by atoms with E-state index < -0.39 is 62.8 Å². The number of nitrogens with one attached hydrogen (secondary N) is 3. The van der Waals surface area contributed by atoms with Crippen LogP contribution in [0.3, 0.4) is 0 Å². The number of amides is 3. The largest absolute Gasteiger partial charge is 0.489 e. The van der Waals surface area contributed by atoms with Crippen LogP contribution in [0.4, 0.5) is 5.95 Å². The van der Waals surface area contributed by atoms with Crippen molar-refractivity contribution >= 4 is 68.2 Å². The second-order valence-electron chi connectivity index (χ2n) is 21.5. The van der Waals surface area contributed by atoms with Gasteiger partial charge < -0.3 is 44.5 Å². The maximum atomic E-state index is 14.2. The zero-order chi connectivity index (χ0) is 58.2. The van der Waals surface area contributed by atoms with Crippen LogP contribution in [0.25, 0.3) is 10.4 Å². The summed E-state index contributed by atoms with van der Waals surface area (Å²) >= 11 is 13.8. The van der Waals surface area contributed by atoms with E-state index in [-0.39, 0.29) is 63.6 Å². The minimum Gasteiger partial charge on any atom is -0.489 e. The van der Waals surface area contributed by atoms with Gasteiger partial charge in [-0.2, -0.15) is 5.26 Å². The van der Waals surface area contributed by atoms with Gasteiger partial charge in [-0.05, 0) is 92.2 Å². The molecule has 19 nitrogen and oxygen atoms in total. The van der Waals surface area contributed by atoms with Gasteiger partial charge in [0.1, 0.15) is 43.7 Å². The Hall–Kier alpha value is -5.96. The lowest BCUT2D eigenvalue weighted by Crippen LogP contribution is -2.58. The molecular weight excluding hydrogens is 1110 g/mol. The Balaban J connectivity index is 0.864. The number of sulfonamides is 1. The molecule has 1 aliphatic rings. The van der Waals surface area contributed by atoms with Crippen LogP contribution in [-0.2, 0) is 45.9 Å². The molecule has 0 radical (unpaired) electrons. The van der Waals surface area contributed by atoms with E-state index >= 15 is 0 Å². The molecule has 3 aromatic carbocycles. The van der Waals surface area contributed by atoms with E-state index in [1.807, 2.05) is 115 Å². The van der Waals surface area contributed by atoms with Gasteiger partial charge in [0.15, 0.2) is 5.75 Å². The van der Waals surface area contributed by atoms with Crippen molar-refractivity contribution < 1.29 is 46.9 Å². The molecular formula is C57H73Cl2N9O10S2. The highest BCUT2D eigenvalue weighted by atomic mass is 35.5. The van der Waals surface area contributed by atoms with Crippen LogP contribution in [0.5, 0.6) is 11.5 Å². The van der Waals surface area contributed by atoms with E-state index in [0.717, 1.165) is 32.8 Å². The number of anilines is 1. The van der Waals surface area contributed by atoms with Crippen LogP contribution in [0, 0.1) is 23.7 Å². The number of ether oxygens (including phenoxy) is 4. The number of nitrogens with zero attached hydrogens (tertiary/aromatic N) is 6. The van der Waals surface area contributed by atoms with Crippen molar-refractivity contribution in [2.45, 2.75) is 103 Å². The van der Waals surface area contributed by atoms with Crippen molar-refractivity contribution in [1.29, 1.82) is 5.26 Å². The number of thiazole rings is 1. The zero-order valence-corrected chi connectivity index (χ0v) is 49.7. The lowest BCUT2D eigenvalue weighted by atomic mass is 9.77. The first-order valence-electron chi connectivity index (χ1n) is 26.4. The normalized spacial score (nSPS) is 15.5. The Morgan fingerprint density at radius 3 is 2.23 bits per heavy atom. The van der Waals surface area contributed by atoms with Gasteiger partial charge in [-0.3, -0.25) is 19.1 Å². The minimum absolute atomic E-state index is 0.0472. The van der Waals surface area contributed by atoms with Gasteiger partial charge in [0, 0.05) is 56.1 Å². The Labute approximate surface area is 483 Å². The van der Waals surface area contributed by atoms with Gasteiger partial charge >= 0.3 is 0 Å². The molecule has 0 saturated carbocycles. The predicted octanol–water partition coefficient (Wildman–Crippen LogP) is 7.81. The van der Waals surface area contributed by atoms with Crippen molar-refractivity contribution in [3.05, 3.63) is 117 Å². The van der Waals surface area contributed by atoms with Crippen molar-refractivity contribution in [3.63, 3.8) is 0 Å². The SMILES string of the molecule is Cc1ncsc1-c1ccc([C@H](CN(C)C)NC(=O)[C@@H]2C[C@@H](O)CN2C(=O)[C@@H](NC(=O)COCCCCCOCCS(=O)(=O)Nc2ncc(COc3ccc(C(C)(C)c4cc(Cl)c(OCCCl)c(C#N)c4)cc3)cn2)C(C)(C)C)cc1. The van der Waals surface area contributed by atoms with Crippen LogP contribution < -0.4 is 24.8 Å². The number of hydrogen-bond acceptors (Lipinski definition) is 16. The van der Waals surface area contributed by atoms with E-state index in [2.05, 4.69) is 36.4 Å². The third-order valence-corrected chi connectivity index (χ3v) is 16.0. The van der Waals surface area contributed by atoms with Crippen molar-refractivity contribution in [2.24, 2.45) is 5.41 Å². The van der Waals surface area contributed by atoms with Crippen LogP contribution in [0.2, 0.25) is 5.02 Å². The average molecular weight is 1180 g/mol. The van der Waals surface area contributed by atoms with Gasteiger partial charge in [-0.1, -0.05) is 82.6 Å². The monoisotopic (exact) mass is 1180 g/mol. The molecule has 432 valence electrons. The first-order valence-corrected chi connectivity index (χ1v) is 29.8. The van der Waals surface area contributed by atoms with E-state index in [0.29, 0.717) is 60.1 Å². The fourth-order valence-electron chi connectivity index (χ4n) is 8.95. The van der Waals surface area contributed by atoms with Crippen LogP contribution in [0.15, 0.2) is 78.6 Å². The number of alkyl halides is 1. The smallest absolute Gasteiger partial charge is 0.246 e. The number of carbonyl (C=O) groups is 3. The number of rotatable bonds is 29. The maximum Gasteiger partial charge on any atom is 0.246 e. The number of unbranched alkanes of at least 4 members (excludes halogenated alkanes) is 2. The molecule has 1 saturated heterocycles. The Bertz CT molecular complexity index is 3010. The maximum absolute atomic E-state index is 14.2. The summed E-state index contributed by atoms with van der Waals surface area (Å²) in [5.74, 6) is -0.576. The highest BCUT2D eigenvalue weighted by Gasteiger charge is 2.45. The van der Waals surface area contributed by atoms with E-state index in [9.17, 15) is 33.2 Å². The molecule has 2 aromatic heterocycles. The van der Waals surface area contributed by atoms with Gasteiger partial charge in [0.2, 0.25) is 33.7 Å². The van der Waals surface area contributed by atoms with Crippen molar-refractivity contribution in [2.75, 3.05) is 76.6 Å².